The molecule has 2 aromatic carbocycles. The number of aromatic nitrogens is 6. The van der Waals surface area contributed by atoms with Crippen LogP contribution in [0.3, 0.4) is 0 Å². The molecule has 5 aromatic rings. The highest BCUT2D eigenvalue weighted by atomic mass is 16.5. The SMILES string of the molecule is COC(=O)N[C@H](C(=O)N1CCC[C@H]1c1ncc(-c2ccc(-c3cnc4cc(-c5cnc([C@@H]6CCCN6C(=O)[C@@H](NC(C)=O)[C@@H](C)O)[nH]5)ccc4n3)cc2)[nH]1)C(C)C. The number of fused-ring (bicyclic) bond motifs is 1. The molecule has 5 N–H and O–H groups in total. The van der Waals surface area contributed by atoms with Crippen LogP contribution in [0.5, 0.6) is 0 Å². The second-order valence-electron chi connectivity index (χ2n) is 15.1. The summed E-state index contributed by atoms with van der Waals surface area (Å²) in [7, 11) is 1.28. The topological polar surface area (TPSA) is 211 Å². The Bertz CT molecular complexity index is 2270. The third kappa shape index (κ3) is 8.21. The van der Waals surface area contributed by atoms with Gasteiger partial charge in [0.25, 0.3) is 0 Å². The van der Waals surface area contributed by atoms with Crippen LogP contribution in [0.2, 0.25) is 0 Å². The van der Waals surface area contributed by atoms with E-state index in [9.17, 15) is 24.3 Å². The summed E-state index contributed by atoms with van der Waals surface area (Å²) in [5.41, 5.74) is 6.44. The number of nitrogens with one attached hydrogen (secondary N) is 4. The highest BCUT2D eigenvalue weighted by Crippen LogP contribution is 2.35. The Hall–Kier alpha value is -6.16. The van der Waals surface area contributed by atoms with E-state index < -0.39 is 24.3 Å². The maximum Gasteiger partial charge on any atom is 0.407 e. The number of ether oxygens (including phenoxy) is 1. The van der Waals surface area contributed by atoms with E-state index in [1.54, 1.807) is 28.4 Å². The number of alkyl carbamates (subject to hydrolysis) is 1. The summed E-state index contributed by atoms with van der Waals surface area (Å²) >= 11 is 0. The van der Waals surface area contributed by atoms with Gasteiger partial charge in [-0.3, -0.25) is 19.4 Å². The van der Waals surface area contributed by atoms with Crippen LogP contribution >= 0.6 is 0 Å². The number of nitrogens with zero attached hydrogens (tertiary/aromatic N) is 6. The van der Waals surface area contributed by atoms with Crippen LogP contribution < -0.4 is 10.6 Å². The Kier molecular flexibility index (Phi) is 11.3. The maximum absolute atomic E-state index is 13.5. The number of hydrogen-bond acceptors (Lipinski definition) is 10. The number of carbonyl (C=O) groups is 4. The molecule has 2 fully saturated rings. The van der Waals surface area contributed by atoms with Gasteiger partial charge in [-0.05, 0) is 56.2 Å². The normalized spacial score (nSPS) is 18.4. The van der Waals surface area contributed by atoms with Gasteiger partial charge in [0.15, 0.2) is 0 Å². The van der Waals surface area contributed by atoms with Crippen LogP contribution in [0.15, 0.2) is 61.1 Å². The van der Waals surface area contributed by atoms with Gasteiger partial charge < -0.3 is 40.2 Å². The van der Waals surface area contributed by atoms with Gasteiger partial charge in [0.05, 0.1) is 72.0 Å². The molecular weight excluding hydrogens is 729 g/mol. The number of benzene rings is 2. The van der Waals surface area contributed by atoms with Crippen molar-refractivity contribution in [2.24, 2.45) is 5.92 Å². The fraction of sp³-hybridized carbons (Fsp3) is 0.415. The minimum absolute atomic E-state index is 0.116. The third-order valence-corrected chi connectivity index (χ3v) is 10.7. The second-order valence-corrected chi connectivity index (χ2v) is 15.1. The monoisotopic (exact) mass is 776 g/mol. The molecule has 16 heteroatoms. The van der Waals surface area contributed by atoms with Gasteiger partial charge >= 0.3 is 6.09 Å². The first-order chi connectivity index (χ1) is 27.4. The number of aromatic amines is 2. The fourth-order valence-electron chi connectivity index (χ4n) is 7.74. The van der Waals surface area contributed by atoms with Crippen LogP contribution in [0.4, 0.5) is 4.79 Å². The van der Waals surface area contributed by atoms with Crippen molar-refractivity contribution in [3.63, 3.8) is 0 Å². The van der Waals surface area contributed by atoms with E-state index in [-0.39, 0.29) is 35.7 Å². The van der Waals surface area contributed by atoms with Crippen molar-refractivity contribution < 1.29 is 29.0 Å². The van der Waals surface area contributed by atoms with Crippen molar-refractivity contribution >= 4 is 34.8 Å². The molecule has 5 heterocycles. The van der Waals surface area contributed by atoms with Crippen molar-refractivity contribution in [3.05, 3.63) is 72.7 Å². The Morgan fingerprint density at radius 1 is 0.754 bits per heavy atom. The lowest BCUT2D eigenvalue weighted by molar-refractivity contribution is -0.140. The number of aliphatic hydroxyl groups excluding tert-OH is 1. The molecule has 0 spiro atoms. The Morgan fingerprint density at radius 3 is 1.88 bits per heavy atom. The number of likely N-dealkylation sites (tertiary alicyclic amines) is 2. The van der Waals surface area contributed by atoms with Crippen molar-refractivity contribution in [2.45, 2.75) is 83.6 Å². The van der Waals surface area contributed by atoms with Crippen LogP contribution in [-0.4, -0.2) is 107 Å². The standard InChI is InChI=1S/C41H48N10O6/c1-22(2)35(49-41(56)57-5)39(54)50-16-6-8-33(50)37-43-20-31(47-37)26-12-10-25(11-13-26)30-19-42-29-18-27(14-15-28(29)46-30)32-21-44-38(48-32)34-9-7-17-51(34)40(55)36(23(3)52)45-24(4)53/h10-15,18-23,33-36,52H,6-9,16-17H2,1-5H3,(H,43,47)(H,44,48)(H,45,53)(H,49,56)/t23-,33+,34+,35+,36+/m1/s1. The number of carbonyl (C=O) groups excluding carboxylic acids is 4. The van der Waals surface area contributed by atoms with E-state index in [1.807, 2.05) is 56.3 Å². The molecule has 2 aliphatic heterocycles. The second kappa shape index (κ2) is 16.5. The first-order valence-electron chi connectivity index (χ1n) is 19.3. The average Bonchev–Trinajstić information content (AvgIpc) is 4.05. The lowest BCUT2D eigenvalue weighted by Gasteiger charge is -2.30. The molecule has 0 aliphatic carbocycles. The van der Waals surface area contributed by atoms with Gasteiger partial charge in [0.1, 0.15) is 23.7 Å². The number of imidazole rings is 2. The molecule has 298 valence electrons. The van der Waals surface area contributed by atoms with Gasteiger partial charge in [0.2, 0.25) is 17.7 Å². The maximum atomic E-state index is 13.5. The van der Waals surface area contributed by atoms with Gasteiger partial charge in [-0.1, -0.05) is 44.2 Å². The molecule has 0 unspecified atom stereocenters. The third-order valence-electron chi connectivity index (χ3n) is 10.7. The molecule has 0 saturated carbocycles. The summed E-state index contributed by atoms with van der Waals surface area (Å²) in [5, 5.41) is 15.5. The number of aliphatic hydroxyl groups is 1. The van der Waals surface area contributed by atoms with E-state index in [1.165, 1.54) is 21.0 Å². The minimum atomic E-state index is -1.04. The molecule has 57 heavy (non-hydrogen) atoms. The van der Waals surface area contributed by atoms with Crippen LogP contribution in [-0.2, 0) is 19.1 Å². The number of methoxy groups -OCH3 is 1. The smallest absolute Gasteiger partial charge is 0.407 e. The minimum Gasteiger partial charge on any atom is -0.453 e. The van der Waals surface area contributed by atoms with Crippen molar-refractivity contribution in [1.29, 1.82) is 0 Å². The largest absolute Gasteiger partial charge is 0.453 e. The predicted molar refractivity (Wildman–Crippen MR) is 211 cm³/mol. The van der Waals surface area contributed by atoms with Crippen molar-refractivity contribution in [3.8, 4) is 33.8 Å². The summed E-state index contributed by atoms with van der Waals surface area (Å²) in [6.45, 7) is 7.68. The summed E-state index contributed by atoms with van der Waals surface area (Å²) in [4.78, 5) is 79.7. The quantitative estimate of drug-likeness (QED) is 0.125. The highest BCUT2D eigenvalue weighted by molar-refractivity contribution is 5.88. The zero-order valence-electron chi connectivity index (χ0n) is 32.7. The molecule has 3 aromatic heterocycles. The molecule has 0 bridgehead atoms. The Labute approximate surface area is 329 Å². The number of H-pyrrole nitrogens is 2. The van der Waals surface area contributed by atoms with E-state index >= 15 is 0 Å². The number of amides is 4. The van der Waals surface area contributed by atoms with E-state index in [4.69, 9.17) is 14.7 Å². The van der Waals surface area contributed by atoms with Crippen molar-refractivity contribution in [2.75, 3.05) is 20.2 Å². The fourth-order valence-corrected chi connectivity index (χ4v) is 7.74. The van der Waals surface area contributed by atoms with Gasteiger partial charge in [-0.2, -0.15) is 0 Å². The Balaban J connectivity index is 1.03. The van der Waals surface area contributed by atoms with E-state index in [0.29, 0.717) is 36.7 Å². The highest BCUT2D eigenvalue weighted by Gasteiger charge is 2.39. The first-order valence-corrected chi connectivity index (χ1v) is 19.3. The van der Waals surface area contributed by atoms with Crippen LogP contribution in [0, 0.1) is 5.92 Å². The lowest BCUT2D eigenvalue weighted by atomic mass is 10.0. The predicted octanol–water partition coefficient (Wildman–Crippen LogP) is 4.67. The molecular formula is C41H48N10O6. The summed E-state index contributed by atoms with van der Waals surface area (Å²) in [6.07, 6.45) is 6.67. The summed E-state index contributed by atoms with van der Waals surface area (Å²) < 4.78 is 4.75. The molecule has 5 atom stereocenters. The number of rotatable bonds is 11. The molecule has 2 saturated heterocycles. The van der Waals surface area contributed by atoms with Crippen LogP contribution in [0.25, 0.3) is 44.8 Å². The van der Waals surface area contributed by atoms with Crippen LogP contribution in [0.1, 0.15) is 77.1 Å². The number of hydrogen-bond donors (Lipinski definition) is 5. The lowest BCUT2D eigenvalue weighted by Crippen LogP contribution is -2.53. The van der Waals surface area contributed by atoms with Gasteiger partial charge in [0, 0.05) is 31.1 Å². The average molecular weight is 777 g/mol. The molecule has 4 amide bonds. The summed E-state index contributed by atoms with van der Waals surface area (Å²) in [5.74, 6) is 0.350. The molecule has 7 rings (SSSR count). The summed E-state index contributed by atoms with van der Waals surface area (Å²) in [6, 6.07) is 11.5. The molecule has 2 aliphatic rings. The van der Waals surface area contributed by atoms with E-state index in [2.05, 4.69) is 30.6 Å². The van der Waals surface area contributed by atoms with E-state index in [0.717, 1.165) is 58.6 Å². The Morgan fingerprint density at radius 2 is 1.32 bits per heavy atom. The van der Waals surface area contributed by atoms with Gasteiger partial charge in [-0.25, -0.2) is 19.7 Å². The van der Waals surface area contributed by atoms with Crippen molar-refractivity contribution in [1.82, 2.24) is 50.3 Å². The van der Waals surface area contributed by atoms with Gasteiger partial charge in [-0.15, -0.1) is 0 Å². The molecule has 0 radical (unpaired) electrons. The zero-order valence-corrected chi connectivity index (χ0v) is 32.7. The first kappa shape index (κ1) is 39.1. The zero-order chi connectivity index (χ0) is 40.4. The molecule has 16 nitrogen and oxygen atoms in total.